The quantitative estimate of drug-likeness (QED) is 0.572. The monoisotopic (exact) mass is 468 g/mol. The Balaban J connectivity index is 1.62. The Morgan fingerprint density at radius 1 is 1.15 bits per heavy atom. The number of methoxy groups -OCH3 is 1. The zero-order valence-corrected chi connectivity index (χ0v) is 18.1. The van der Waals surface area contributed by atoms with Crippen LogP contribution < -0.4 is 14.8 Å². The first-order valence-corrected chi connectivity index (χ1v) is 10.1. The van der Waals surface area contributed by atoms with Gasteiger partial charge in [-0.2, -0.15) is 0 Å². The normalized spacial score (nSPS) is 16.3. The summed E-state index contributed by atoms with van der Waals surface area (Å²) in [6, 6.07) is 5.79. The summed E-state index contributed by atoms with van der Waals surface area (Å²) >= 11 is 0. The average Bonchev–Trinajstić information content (AvgIpc) is 3.55. The van der Waals surface area contributed by atoms with Crippen LogP contribution in [0.25, 0.3) is 0 Å². The van der Waals surface area contributed by atoms with Crippen molar-refractivity contribution >= 4 is 11.9 Å². The summed E-state index contributed by atoms with van der Waals surface area (Å²) < 4.78 is 51.4. The molecule has 33 heavy (non-hydrogen) atoms. The molecule has 0 aliphatic heterocycles. The number of carbonyl (C=O) groups excluding carboxylic acids is 2. The van der Waals surface area contributed by atoms with Crippen molar-refractivity contribution in [1.82, 2.24) is 10.3 Å². The molecule has 3 rings (SSSR count). The second-order valence-corrected chi connectivity index (χ2v) is 7.71. The van der Waals surface area contributed by atoms with Crippen LogP contribution >= 0.6 is 0 Å². The SMILES string of the molecule is COc1ccnc(C(=O)N[C@@H](C)C(=O)OC(C)C2(c3ccc(OC(F)(F)F)cc3)CC2)c1O. The number of nitrogens with zero attached hydrogens (tertiary/aromatic N) is 1. The molecule has 1 aliphatic rings. The van der Waals surface area contributed by atoms with E-state index >= 15 is 0 Å². The standard InChI is InChI=1S/C22H23F3N2O6/c1-12(27-19(29)17-18(28)16(31-3)8-11-26-17)20(30)32-13(2)21(9-10-21)14-4-6-15(7-5-14)33-22(23,24)25/h4-8,11-13,28H,9-10H2,1-3H3,(H,27,29)/t12-,13?/m0/s1. The van der Waals surface area contributed by atoms with Crippen LogP contribution in [0.2, 0.25) is 0 Å². The van der Waals surface area contributed by atoms with Crippen molar-refractivity contribution in [2.75, 3.05) is 7.11 Å². The fourth-order valence-electron chi connectivity index (χ4n) is 3.53. The number of amides is 1. The van der Waals surface area contributed by atoms with Gasteiger partial charge in [-0.25, -0.2) is 9.78 Å². The van der Waals surface area contributed by atoms with Crippen LogP contribution in [0.15, 0.2) is 36.5 Å². The Bertz CT molecular complexity index is 1020. The number of carbonyl (C=O) groups is 2. The Hall–Kier alpha value is -3.50. The van der Waals surface area contributed by atoms with E-state index in [-0.39, 0.29) is 17.2 Å². The maximum atomic E-state index is 12.6. The minimum Gasteiger partial charge on any atom is -0.503 e. The number of aromatic nitrogens is 1. The minimum atomic E-state index is -4.78. The molecule has 1 aliphatic carbocycles. The van der Waals surface area contributed by atoms with Crippen molar-refractivity contribution in [2.24, 2.45) is 0 Å². The fraction of sp³-hybridized carbons (Fsp3) is 0.409. The molecule has 2 N–H and O–H groups in total. The molecule has 0 spiro atoms. The van der Waals surface area contributed by atoms with Crippen LogP contribution in [-0.4, -0.2) is 47.6 Å². The molecular formula is C22H23F3N2O6. The van der Waals surface area contributed by atoms with E-state index in [9.17, 15) is 27.9 Å². The molecule has 178 valence electrons. The highest BCUT2D eigenvalue weighted by Gasteiger charge is 2.51. The van der Waals surface area contributed by atoms with Gasteiger partial charge in [-0.3, -0.25) is 4.79 Å². The van der Waals surface area contributed by atoms with Gasteiger partial charge in [0.15, 0.2) is 17.2 Å². The smallest absolute Gasteiger partial charge is 0.503 e. The number of alkyl halides is 3. The van der Waals surface area contributed by atoms with E-state index in [1.807, 2.05) is 0 Å². The summed E-state index contributed by atoms with van der Waals surface area (Å²) in [5, 5.41) is 12.5. The van der Waals surface area contributed by atoms with E-state index < -0.39 is 41.5 Å². The largest absolute Gasteiger partial charge is 0.573 e. The highest BCUT2D eigenvalue weighted by molar-refractivity contribution is 5.97. The lowest BCUT2D eigenvalue weighted by atomic mass is 9.90. The molecule has 1 aromatic carbocycles. The van der Waals surface area contributed by atoms with E-state index in [1.165, 1.54) is 50.6 Å². The topological polar surface area (TPSA) is 107 Å². The van der Waals surface area contributed by atoms with Crippen LogP contribution in [0.3, 0.4) is 0 Å². The number of esters is 1. The molecule has 1 unspecified atom stereocenters. The van der Waals surface area contributed by atoms with Crippen LogP contribution in [0, 0.1) is 0 Å². The molecule has 11 heteroatoms. The predicted octanol–water partition coefficient (Wildman–Crippen LogP) is 3.48. The molecule has 8 nitrogen and oxygen atoms in total. The number of nitrogens with one attached hydrogen (secondary N) is 1. The van der Waals surface area contributed by atoms with Gasteiger partial charge in [-0.1, -0.05) is 12.1 Å². The number of ether oxygens (including phenoxy) is 3. The molecule has 0 saturated heterocycles. The Kier molecular flexibility index (Phi) is 6.71. The molecule has 0 radical (unpaired) electrons. The van der Waals surface area contributed by atoms with Gasteiger partial charge in [0.1, 0.15) is 17.9 Å². The lowest BCUT2D eigenvalue weighted by Gasteiger charge is -2.26. The van der Waals surface area contributed by atoms with Gasteiger partial charge in [0.2, 0.25) is 0 Å². The summed E-state index contributed by atoms with van der Waals surface area (Å²) in [4.78, 5) is 28.8. The van der Waals surface area contributed by atoms with E-state index in [2.05, 4.69) is 15.0 Å². The van der Waals surface area contributed by atoms with Gasteiger partial charge < -0.3 is 24.6 Å². The van der Waals surface area contributed by atoms with Gasteiger partial charge >= 0.3 is 12.3 Å². The van der Waals surface area contributed by atoms with Crippen LogP contribution in [0.1, 0.15) is 42.7 Å². The fourth-order valence-corrected chi connectivity index (χ4v) is 3.53. The van der Waals surface area contributed by atoms with Gasteiger partial charge in [0.05, 0.1) is 7.11 Å². The second-order valence-electron chi connectivity index (χ2n) is 7.71. The summed E-state index contributed by atoms with van der Waals surface area (Å²) in [7, 11) is 1.32. The molecule has 1 aromatic heterocycles. The summed E-state index contributed by atoms with van der Waals surface area (Å²) in [5.74, 6) is -2.23. The maximum absolute atomic E-state index is 12.6. The predicted molar refractivity (Wildman–Crippen MR) is 109 cm³/mol. The number of halogens is 3. The van der Waals surface area contributed by atoms with E-state index in [1.54, 1.807) is 6.92 Å². The molecule has 0 bridgehead atoms. The van der Waals surface area contributed by atoms with E-state index in [4.69, 9.17) is 9.47 Å². The molecular weight excluding hydrogens is 445 g/mol. The Morgan fingerprint density at radius 2 is 1.79 bits per heavy atom. The third-order valence-corrected chi connectivity index (χ3v) is 5.55. The van der Waals surface area contributed by atoms with Crippen molar-refractivity contribution < 1.29 is 42.1 Å². The Labute approximate surface area is 187 Å². The maximum Gasteiger partial charge on any atom is 0.573 e. The van der Waals surface area contributed by atoms with Gasteiger partial charge in [0, 0.05) is 17.7 Å². The second kappa shape index (κ2) is 9.16. The van der Waals surface area contributed by atoms with Crippen molar-refractivity contribution in [2.45, 2.75) is 50.6 Å². The third-order valence-electron chi connectivity index (χ3n) is 5.55. The van der Waals surface area contributed by atoms with Gasteiger partial charge in [0.25, 0.3) is 5.91 Å². The first-order chi connectivity index (χ1) is 15.5. The molecule has 2 atom stereocenters. The summed E-state index contributed by atoms with van der Waals surface area (Å²) in [5.41, 5.74) is -0.107. The lowest BCUT2D eigenvalue weighted by molar-refractivity contribution is -0.274. The molecule has 1 amide bonds. The first kappa shape index (κ1) is 24.1. The first-order valence-electron chi connectivity index (χ1n) is 10.1. The minimum absolute atomic E-state index is 0.0568. The summed E-state index contributed by atoms with van der Waals surface area (Å²) in [6.45, 7) is 3.11. The molecule has 1 fully saturated rings. The Morgan fingerprint density at radius 3 is 2.33 bits per heavy atom. The zero-order valence-electron chi connectivity index (χ0n) is 18.1. The highest BCUT2D eigenvalue weighted by atomic mass is 19.4. The summed E-state index contributed by atoms with van der Waals surface area (Å²) in [6.07, 6.45) is -2.73. The number of hydrogen-bond acceptors (Lipinski definition) is 7. The van der Waals surface area contributed by atoms with Gasteiger partial charge in [-0.05, 0) is 44.4 Å². The number of pyridine rings is 1. The number of benzene rings is 1. The highest BCUT2D eigenvalue weighted by Crippen LogP contribution is 2.52. The van der Waals surface area contributed by atoms with Gasteiger partial charge in [-0.15, -0.1) is 13.2 Å². The number of aromatic hydroxyl groups is 1. The molecule has 2 aromatic rings. The zero-order chi connectivity index (χ0) is 24.4. The van der Waals surface area contributed by atoms with E-state index in [0.29, 0.717) is 12.8 Å². The van der Waals surface area contributed by atoms with Crippen molar-refractivity contribution in [1.29, 1.82) is 0 Å². The van der Waals surface area contributed by atoms with Crippen molar-refractivity contribution in [3.8, 4) is 17.2 Å². The number of hydrogen-bond donors (Lipinski definition) is 2. The molecule has 1 saturated carbocycles. The third kappa shape index (κ3) is 5.47. The lowest BCUT2D eigenvalue weighted by Crippen LogP contribution is -2.42. The van der Waals surface area contributed by atoms with E-state index in [0.717, 1.165) is 5.56 Å². The van der Waals surface area contributed by atoms with Crippen LogP contribution in [-0.2, 0) is 14.9 Å². The van der Waals surface area contributed by atoms with Crippen molar-refractivity contribution in [3.05, 3.63) is 47.8 Å². The average molecular weight is 468 g/mol. The van der Waals surface area contributed by atoms with Crippen LogP contribution in [0.4, 0.5) is 13.2 Å². The van der Waals surface area contributed by atoms with Crippen molar-refractivity contribution in [3.63, 3.8) is 0 Å². The van der Waals surface area contributed by atoms with Crippen LogP contribution in [0.5, 0.6) is 17.2 Å². The number of rotatable bonds is 8. The molecule has 1 heterocycles.